The van der Waals surface area contributed by atoms with E-state index < -0.39 is 0 Å². The minimum atomic E-state index is 0.365. The highest BCUT2D eigenvalue weighted by Gasteiger charge is 2.09. The van der Waals surface area contributed by atoms with E-state index in [4.69, 9.17) is 10.5 Å². The van der Waals surface area contributed by atoms with Gasteiger partial charge in [-0.2, -0.15) is 0 Å². The average molecular weight is 127 g/mol. The molecule has 0 saturated carbocycles. The van der Waals surface area contributed by atoms with Crippen LogP contribution >= 0.6 is 0 Å². The van der Waals surface area contributed by atoms with Crippen LogP contribution in [0.15, 0.2) is 11.8 Å². The minimum Gasteiger partial charge on any atom is -0.501 e. The maximum atomic E-state index is 5.65. The quantitative estimate of drug-likeness (QED) is 0.571. The van der Waals surface area contributed by atoms with E-state index in [9.17, 15) is 0 Å². The Morgan fingerprint density at radius 3 is 3.00 bits per heavy atom. The molecule has 0 heterocycles. The minimum absolute atomic E-state index is 0.365. The van der Waals surface area contributed by atoms with Crippen LogP contribution in [0, 0.1) is 0 Å². The molecule has 0 saturated heterocycles. The van der Waals surface area contributed by atoms with Gasteiger partial charge in [0.05, 0.1) is 12.9 Å². The standard InChI is InChI=1S/C7H13NO/c1-9-7-4-2-6(8)3-5-7/h4,6H,2-3,5,8H2,1H3. The van der Waals surface area contributed by atoms with Crippen LogP contribution in [0.25, 0.3) is 0 Å². The molecule has 0 amide bonds. The maximum Gasteiger partial charge on any atom is 0.0916 e. The van der Waals surface area contributed by atoms with Gasteiger partial charge in [-0.3, -0.25) is 0 Å². The van der Waals surface area contributed by atoms with Crippen molar-refractivity contribution < 1.29 is 4.74 Å². The number of hydrogen-bond donors (Lipinski definition) is 1. The molecule has 1 aliphatic carbocycles. The second-order valence-corrected chi connectivity index (χ2v) is 2.41. The first-order chi connectivity index (χ1) is 4.33. The Labute approximate surface area is 55.7 Å². The third-order valence-corrected chi connectivity index (χ3v) is 1.67. The van der Waals surface area contributed by atoms with E-state index in [0.29, 0.717) is 6.04 Å². The molecule has 2 N–H and O–H groups in total. The molecule has 0 aliphatic heterocycles. The van der Waals surface area contributed by atoms with Gasteiger partial charge in [-0.1, -0.05) is 0 Å². The van der Waals surface area contributed by atoms with E-state index in [-0.39, 0.29) is 0 Å². The molecule has 0 fully saturated rings. The fraction of sp³-hybridized carbons (Fsp3) is 0.714. The van der Waals surface area contributed by atoms with Gasteiger partial charge in [0.25, 0.3) is 0 Å². The Kier molecular flexibility index (Phi) is 2.11. The number of rotatable bonds is 1. The van der Waals surface area contributed by atoms with Crippen LogP contribution in [-0.2, 0) is 4.74 Å². The summed E-state index contributed by atoms with van der Waals surface area (Å²) in [5, 5.41) is 0. The number of methoxy groups -OCH3 is 1. The predicted octanol–water partition coefficient (Wildman–Crippen LogP) is 1.03. The first-order valence-corrected chi connectivity index (χ1v) is 3.31. The van der Waals surface area contributed by atoms with Crippen LogP contribution in [0.2, 0.25) is 0 Å². The summed E-state index contributed by atoms with van der Waals surface area (Å²) in [4.78, 5) is 0. The summed E-state index contributed by atoms with van der Waals surface area (Å²) in [5.74, 6) is 1.09. The van der Waals surface area contributed by atoms with Crippen molar-refractivity contribution in [2.75, 3.05) is 7.11 Å². The van der Waals surface area contributed by atoms with E-state index in [1.807, 2.05) is 0 Å². The molecule has 52 valence electrons. The average Bonchev–Trinajstić information content (AvgIpc) is 1.90. The van der Waals surface area contributed by atoms with Crippen molar-refractivity contribution in [2.24, 2.45) is 5.73 Å². The monoisotopic (exact) mass is 127 g/mol. The normalized spacial score (nSPS) is 27.3. The van der Waals surface area contributed by atoms with Crippen molar-refractivity contribution in [3.63, 3.8) is 0 Å². The summed E-state index contributed by atoms with van der Waals surface area (Å²) >= 11 is 0. The summed E-state index contributed by atoms with van der Waals surface area (Å²) in [5.41, 5.74) is 5.65. The molecule has 0 aromatic carbocycles. The topological polar surface area (TPSA) is 35.2 Å². The Balaban J connectivity index is 2.40. The van der Waals surface area contributed by atoms with Gasteiger partial charge in [0, 0.05) is 12.5 Å². The molecule has 1 aliphatic rings. The van der Waals surface area contributed by atoms with Gasteiger partial charge in [-0.25, -0.2) is 0 Å². The summed E-state index contributed by atoms with van der Waals surface area (Å²) in [7, 11) is 1.71. The maximum absolute atomic E-state index is 5.65. The van der Waals surface area contributed by atoms with Crippen molar-refractivity contribution in [3.8, 4) is 0 Å². The SMILES string of the molecule is COC1=CCC(N)CC1. The van der Waals surface area contributed by atoms with Crippen LogP contribution < -0.4 is 5.73 Å². The first-order valence-electron chi connectivity index (χ1n) is 3.31. The molecule has 1 unspecified atom stereocenters. The van der Waals surface area contributed by atoms with Crippen LogP contribution in [0.4, 0.5) is 0 Å². The lowest BCUT2D eigenvalue weighted by molar-refractivity contribution is 0.262. The van der Waals surface area contributed by atoms with E-state index in [2.05, 4.69) is 6.08 Å². The molecular weight excluding hydrogens is 114 g/mol. The highest BCUT2D eigenvalue weighted by Crippen LogP contribution is 2.16. The second-order valence-electron chi connectivity index (χ2n) is 2.41. The van der Waals surface area contributed by atoms with Gasteiger partial charge in [0.2, 0.25) is 0 Å². The number of hydrogen-bond acceptors (Lipinski definition) is 2. The molecule has 0 spiro atoms. The molecule has 1 atom stereocenters. The Morgan fingerprint density at radius 1 is 1.78 bits per heavy atom. The van der Waals surface area contributed by atoms with Gasteiger partial charge in [-0.15, -0.1) is 0 Å². The van der Waals surface area contributed by atoms with Gasteiger partial charge in [0.1, 0.15) is 0 Å². The molecule has 9 heavy (non-hydrogen) atoms. The summed E-state index contributed by atoms with van der Waals surface area (Å²) < 4.78 is 5.04. The Hall–Kier alpha value is -0.500. The van der Waals surface area contributed by atoms with Gasteiger partial charge in [-0.05, 0) is 18.9 Å². The largest absolute Gasteiger partial charge is 0.501 e. The van der Waals surface area contributed by atoms with E-state index in [0.717, 1.165) is 25.0 Å². The van der Waals surface area contributed by atoms with E-state index in [1.165, 1.54) is 0 Å². The third-order valence-electron chi connectivity index (χ3n) is 1.67. The summed E-state index contributed by atoms with van der Waals surface area (Å²) in [6.45, 7) is 0. The first kappa shape index (κ1) is 6.62. The number of ether oxygens (including phenoxy) is 1. The zero-order chi connectivity index (χ0) is 6.69. The van der Waals surface area contributed by atoms with E-state index in [1.54, 1.807) is 7.11 Å². The number of allylic oxidation sites excluding steroid dienone is 1. The smallest absolute Gasteiger partial charge is 0.0916 e. The molecule has 0 aromatic rings. The van der Waals surface area contributed by atoms with Crippen LogP contribution in [0.1, 0.15) is 19.3 Å². The molecule has 0 aromatic heterocycles. The van der Waals surface area contributed by atoms with Crippen molar-refractivity contribution in [2.45, 2.75) is 25.3 Å². The fourth-order valence-electron chi connectivity index (χ4n) is 1.02. The highest BCUT2D eigenvalue weighted by atomic mass is 16.5. The third kappa shape index (κ3) is 1.72. The van der Waals surface area contributed by atoms with Gasteiger partial charge < -0.3 is 10.5 Å². The number of nitrogens with two attached hydrogens (primary N) is 1. The molecule has 2 nitrogen and oxygen atoms in total. The lowest BCUT2D eigenvalue weighted by Gasteiger charge is -2.16. The summed E-state index contributed by atoms with van der Waals surface area (Å²) in [6.07, 6.45) is 5.13. The van der Waals surface area contributed by atoms with Crippen molar-refractivity contribution in [1.82, 2.24) is 0 Å². The summed E-state index contributed by atoms with van der Waals surface area (Å²) in [6, 6.07) is 0.365. The van der Waals surface area contributed by atoms with Crippen molar-refractivity contribution in [3.05, 3.63) is 11.8 Å². The fourth-order valence-corrected chi connectivity index (χ4v) is 1.02. The molecule has 0 bridgehead atoms. The second kappa shape index (κ2) is 2.87. The Morgan fingerprint density at radius 2 is 2.56 bits per heavy atom. The van der Waals surface area contributed by atoms with Gasteiger partial charge >= 0.3 is 0 Å². The van der Waals surface area contributed by atoms with E-state index >= 15 is 0 Å². The zero-order valence-corrected chi connectivity index (χ0v) is 5.76. The lowest BCUT2D eigenvalue weighted by Crippen LogP contribution is -2.21. The highest BCUT2D eigenvalue weighted by molar-refractivity contribution is 4.99. The molecular formula is C7H13NO. The molecule has 0 radical (unpaired) electrons. The molecule has 1 rings (SSSR count). The Bertz CT molecular complexity index is 120. The van der Waals surface area contributed by atoms with Crippen LogP contribution in [0.5, 0.6) is 0 Å². The predicted molar refractivity (Wildman–Crippen MR) is 36.9 cm³/mol. The molecule has 2 heteroatoms. The van der Waals surface area contributed by atoms with Crippen molar-refractivity contribution >= 4 is 0 Å². The van der Waals surface area contributed by atoms with Gasteiger partial charge in [0.15, 0.2) is 0 Å². The van der Waals surface area contributed by atoms with Crippen LogP contribution in [-0.4, -0.2) is 13.2 Å². The van der Waals surface area contributed by atoms with Crippen LogP contribution in [0.3, 0.4) is 0 Å². The zero-order valence-electron chi connectivity index (χ0n) is 5.76. The lowest BCUT2D eigenvalue weighted by atomic mass is 10.0. The van der Waals surface area contributed by atoms with Crippen molar-refractivity contribution in [1.29, 1.82) is 0 Å².